The third-order valence-corrected chi connectivity index (χ3v) is 9.22. The van der Waals surface area contributed by atoms with Crippen LogP contribution in [0.1, 0.15) is 18.7 Å². The minimum Gasteiger partial charge on any atom is -0.504 e. The number of benzene rings is 1. The van der Waals surface area contributed by atoms with Crippen molar-refractivity contribution >= 4 is 79.3 Å². The Morgan fingerprint density at radius 3 is 2.40 bits per heavy atom. The first-order chi connectivity index (χ1) is 14.2. The first-order valence-corrected chi connectivity index (χ1v) is 12.6. The van der Waals surface area contributed by atoms with E-state index in [4.69, 9.17) is 23.2 Å². The normalized spacial score (nSPS) is 11.8. The smallest absolute Gasteiger partial charge is 0.256 e. The zero-order valence-electron chi connectivity index (χ0n) is 16.2. The first-order valence-electron chi connectivity index (χ1n) is 8.83. The Morgan fingerprint density at radius 2 is 1.77 bits per heavy atom. The highest BCUT2D eigenvalue weighted by Crippen LogP contribution is 2.45. The monoisotopic (exact) mass is 507 g/mol. The zero-order chi connectivity index (χ0) is 22.1. The highest BCUT2D eigenvalue weighted by Gasteiger charge is 2.30. The van der Waals surface area contributed by atoms with Gasteiger partial charge in [-0.15, -0.1) is 11.3 Å². The van der Waals surface area contributed by atoms with Crippen molar-refractivity contribution in [1.82, 2.24) is 13.1 Å². The molecule has 2 aromatic heterocycles. The average Bonchev–Trinajstić information content (AvgIpc) is 3.25. The lowest BCUT2D eigenvalue weighted by Crippen LogP contribution is -2.30. The minimum atomic E-state index is -3.80. The van der Waals surface area contributed by atoms with Gasteiger partial charge < -0.3 is 15.7 Å². The molecule has 0 radical (unpaired) electrons. The van der Waals surface area contributed by atoms with Crippen molar-refractivity contribution in [3.8, 4) is 5.75 Å². The van der Waals surface area contributed by atoms with Gasteiger partial charge in [-0.1, -0.05) is 43.1 Å². The Labute approximate surface area is 192 Å². The second kappa shape index (κ2) is 9.25. The van der Waals surface area contributed by atoms with Crippen LogP contribution in [-0.2, 0) is 10.0 Å². The molecule has 3 rings (SSSR count). The third kappa shape index (κ3) is 4.36. The molecule has 3 N–H and O–H groups in total. The predicted molar refractivity (Wildman–Crippen MR) is 124 cm³/mol. The molecule has 0 saturated heterocycles. The molecule has 0 unspecified atom stereocenters. The van der Waals surface area contributed by atoms with Crippen LogP contribution in [0.5, 0.6) is 5.75 Å². The molecule has 0 aliphatic rings. The molecule has 1 aromatic carbocycles. The second-order valence-electron chi connectivity index (χ2n) is 6.07. The number of aryl methyl sites for hydroxylation is 1. The fraction of sp³-hybridized carbons (Fsp3) is 0.294. The van der Waals surface area contributed by atoms with Crippen molar-refractivity contribution in [3.63, 3.8) is 0 Å². The molecule has 2 heterocycles. The van der Waals surface area contributed by atoms with E-state index in [2.05, 4.69) is 19.4 Å². The second-order valence-corrected chi connectivity index (χ2v) is 10.7. The first kappa shape index (κ1) is 23.0. The molecule has 0 spiro atoms. The molecule has 13 heteroatoms. The number of rotatable bonds is 8. The summed E-state index contributed by atoms with van der Waals surface area (Å²) in [5, 5.41) is 17.4. The number of aromatic nitrogens is 2. The van der Waals surface area contributed by atoms with Crippen LogP contribution in [0, 0.1) is 6.92 Å². The molecule has 3 aromatic rings. The van der Waals surface area contributed by atoms with Crippen LogP contribution < -0.4 is 10.6 Å². The summed E-state index contributed by atoms with van der Waals surface area (Å²) in [6.07, 6.45) is 0. The summed E-state index contributed by atoms with van der Waals surface area (Å²) in [6, 6.07) is 5.14. The van der Waals surface area contributed by atoms with Crippen molar-refractivity contribution in [2.75, 3.05) is 23.7 Å². The maximum absolute atomic E-state index is 12.8. The molecular weight excluding hydrogens is 489 g/mol. The number of aromatic hydroxyl groups is 1. The maximum Gasteiger partial charge on any atom is 0.256 e. The molecule has 8 nitrogen and oxygen atoms in total. The largest absolute Gasteiger partial charge is 0.504 e. The Balaban J connectivity index is 1.93. The summed E-state index contributed by atoms with van der Waals surface area (Å²) in [5.41, 5.74) is 0.801. The van der Waals surface area contributed by atoms with E-state index in [-0.39, 0.29) is 15.6 Å². The van der Waals surface area contributed by atoms with E-state index in [1.165, 1.54) is 4.31 Å². The van der Waals surface area contributed by atoms with Gasteiger partial charge in [0, 0.05) is 18.0 Å². The molecule has 30 heavy (non-hydrogen) atoms. The van der Waals surface area contributed by atoms with Crippen LogP contribution in [0.25, 0.3) is 0 Å². The van der Waals surface area contributed by atoms with Gasteiger partial charge in [-0.2, -0.15) is 13.1 Å². The fourth-order valence-electron chi connectivity index (χ4n) is 2.71. The van der Waals surface area contributed by atoms with Gasteiger partial charge in [-0.3, -0.25) is 0 Å². The summed E-state index contributed by atoms with van der Waals surface area (Å²) in [4.78, 5) is 0.595. The van der Waals surface area contributed by atoms with Crippen molar-refractivity contribution < 1.29 is 13.5 Å². The third-order valence-electron chi connectivity index (χ3n) is 4.24. The molecule has 0 aliphatic carbocycles. The van der Waals surface area contributed by atoms with Crippen LogP contribution in [0.15, 0.2) is 22.4 Å². The molecular formula is C17H19Cl2N5O3S3. The van der Waals surface area contributed by atoms with E-state index in [1.54, 1.807) is 39.0 Å². The van der Waals surface area contributed by atoms with E-state index in [9.17, 15) is 13.5 Å². The molecule has 162 valence electrons. The quantitative estimate of drug-likeness (QED) is 0.372. The number of nitrogens with one attached hydrogen (secondary N) is 2. The number of anilines is 4. The van der Waals surface area contributed by atoms with Crippen LogP contribution in [-0.4, -0.2) is 39.7 Å². The van der Waals surface area contributed by atoms with Crippen LogP contribution in [0.4, 0.5) is 23.0 Å². The number of nitrogens with zero attached hydrogens (tertiary/aromatic N) is 3. The van der Waals surface area contributed by atoms with Crippen molar-refractivity contribution in [2.45, 2.75) is 25.0 Å². The van der Waals surface area contributed by atoms with E-state index in [0.29, 0.717) is 45.3 Å². The fourth-order valence-corrected chi connectivity index (χ4v) is 6.62. The Hall–Kier alpha value is -1.63. The Kier molecular flexibility index (Phi) is 7.10. The van der Waals surface area contributed by atoms with E-state index in [0.717, 1.165) is 23.1 Å². The molecule has 0 amide bonds. The summed E-state index contributed by atoms with van der Waals surface area (Å²) in [5.74, 6) is 0.338. The number of thiophene rings is 1. The topological polar surface area (TPSA) is 107 Å². The van der Waals surface area contributed by atoms with Gasteiger partial charge >= 0.3 is 0 Å². The van der Waals surface area contributed by atoms with Gasteiger partial charge in [-0.05, 0) is 19.1 Å². The van der Waals surface area contributed by atoms with Crippen LogP contribution in [0.2, 0.25) is 10.0 Å². The van der Waals surface area contributed by atoms with E-state index < -0.39 is 10.0 Å². The predicted octanol–water partition coefficient (Wildman–Crippen LogP) is 5.44. The number of sulfonamides is 1. The lowest BCUT2D eigenvalue weighted by molar-refractivity contribution is 0.434. The van der Waals surface area contributed by atoms with Gasteiger partial charge in [0.25, 0.3) is 10.0 Å². The lowest BCUT2D eigenvalue weighted by Gasteiger charge is -2.17. The maximum atomic E-state index is 12.8. The number of halogens is 2. The molecule has 0 saturated carbocycles. The van der Waals surface area contributed by atoms with Gasteiger partial charge in [0.15, 0.2) is 21.6 Å². The summed E-state index contributed by atoms with van der Waals surface area (Å²) >= 11 is 14.2. The molecule has 0 bridgehead atoms. The summed E-state index contributed by atoms with van der Waals surface area (Å²) in [6.45, 7) is 5.83. The molecule has 0 atom stereocenters. The Bertz CT molecular complexity index is 1160. The van der Waals surface area contributed by atoms with E-state index in [1.807, 2.05) is 0 Å². The highest BCUT2D eigenvalue weighted by molar-refractivity contribution is 7.91. The average molecular weight is 508 g/mol. The molecule has 0 aliphatic heterocycles. The SMILES string of the molecule is CCN(CC)S(=O)(=O)c1sc(C)c(Nc2nsnc2Nc2cccc(Cl)c2Cl)c1O. The van der Waals surface area contributed by atoms with Gasteiger partial charge in [-0.25, -0.2) is 8.42 Å². The minimum absolute atomic E-state index is 0.109. The van der Waals surface area contributed by atoms with Crippen molar-refractivity contribution in [1.29, 1.82) is 0 Å². The van der Waals surface area contributed by atoms with Crippen LogP contribution in [0.3, 0.4) is 0 Å². The standard InChI is InChI=1S/C17H19Cl2N5O3S3/c1-4-24(5-2)30(26,27)17-14(25)13(9(3)28-17)21-16-15(22-29-23-16)20-11-8-6-7-10(18)12(11)19/h6-8,25H,4-5H2,1-3H3,(H,20,22)(H,21,23). The number of hydrogen-bond donors (Lipinski definition) is 3. The van der Waals surface area contributed by atoms with Gasteiger partial charge in [0.1, 0.15) is 0 Å². The summed E-state index contributed by atoms with van der Waals surface area (Å²) < 4.78 is 35.3. The highest BCUT2D eigenvalue weighted by atomic mass is 35.5. The van der Waals surface area contributed by atoms with Crippen molar-refractivity contribution in [3.05, 3.63) is 33.1 Å². The van der Waals surface area contributed by atoms with E-state index >= 15 is 0 Å². The zero-order valence-corrected chi connectivity index (χ0v) is 20.2. The van der Waals surface area contributed by atoms with Gasteiger partial charge in [0.2, 0.25) is 0 Å². The number of hydrogen-bond acceptors (Lipinski definition) is 9. The van der Waals surface area contributed by atoms with Crippen LogP contribution >= 0.6 is 46.3 Å². The van der Waals surface area contributed by atoms with Gasteiger partial charge in [0.05, 0.1) is 33.1 Å². The Morgan fingerprint density at radius 1 is 1.13 bits per heavy atom. The summed E-state index contributed by atoms with van der Waals surface area (Å²) in [7, 11) is -3.80. The molecule has 0 fully saturated rings. The van der Waals surface area contributed by atoms with Crippen molar-refractivity contribution in [2.24, 2.45) is 0 Å². The lowest BCUT2D eigenvalue weighted by atomic mass is 10.3.